The van der Waals surface area contributed by atoms with Gasteiger partial charge >= 0.3 is 0 Å². The molecular weight excluding hydrogens is 248 g/mol. The number of hydrogen-bond donors (Lipinski definition) is 1. The summed E-state index contributed by atoms with van der Waals surface area (Å²) in [5.41, 5.74) is 0.0211. The number of carbonyl (C=O) groups excluding carboxylic acids is 2. The molecule has 0 fully saturated rings. The average Bonchev–Trinajstić information content (AvgIpc) is 2.37. The molecule has 0 aliphatic heterocycles. The van der Waals surface area contributed by atoms with E-state index in [2.05, 4.69) is 0 Å². The quantitative estimate of drug-likeness (QED) is 0.605. The third-order valence-corrected chi connectivity index (χ3v) is 2.68. The Morgan fingerprint density at radius 1 is 1.21 bits per heavy atom. The second-order valence-corrected chi connectivity index (χ2v) is 4.11. The van der Waals surface area contributed by atoms with Gasteiger partial charge in [0, 0.05) is 18.6 Å². The van der Waals surface area contributed by atoms with Crippen LogP contribution in [0.25, 0.3) is 0 Å². The lowest BCUT2D eigenvalue weighted by molar-refractivity contribution is -0.118. The molecule has 0 aliphatic rings. The maximum Gasteiger partial charge on any atom is 0.177 e. The Morgan fingerprint density at radius 3 is 2.42 bits per heavy atom. The minimum absolute atomic E-state index is 0.0211. The van der Waals surface area contributed by atoms with Gasteiger partial charge in [-0.2, -0.15) is 0 Å². The number of phenols is 1. The van der Waals surface area contributed by atoms with Crippen LogP contribution in [0.4, 0.5) is 0 Å². The summed E-state index contributed by atoms with van der Waals surface area (Å²) in [5, 5.41) is 9.86. The minimum Gasteiger partial charge on any atom is -0.507 e. The summed E-state index contributed by atoms with van der Waals surface area (Å²) in [6.45, 7) is 1.87. The van der Waals surface area contributed by atoms with Crippen LogP contribution in [0.15, 0.2) is 12.1 Å². The van der Waals surface area contributed by atoms with Crippen LogP contribution in [0.5, 0.6) is 17.2 Å². The number of hydrogen-bond acceptors (Lipinski definition) is 5. The predicted octanol–water partition coefficient (Wildman–Crippen LogP) is 2.35. The molecular formula is C14H18O5. The van der Waals surface area contributed by atoms with E-state index in [1.54, 1.807) is 0 Å². The fraction of sp³-hybridized carbons (Fsp3) is 0.429. The molecule has 104 valence electrons. The van der Waals surface area contributed by atoms with Gasteiger partial charge in [-0.15, -0.1) is 0 Å². The van der Waals surface area contributed by atoms with Crippen LogP contribution in [-0.4, -0.2) is 30.9 Å². The number of ketones is 2. The van der Waals surface area contributed by atoms with E-state index in [9.17, 15) is 14.7 Å². The smallest absolute Gasteiger partial charge is 0.177 e. The van der Waals surface area contributed by atoms with Crippen LogP contribution in [0.3, 0.4) is 0 Å². The zero-order valence-corrected chi connectivity index (χ0v) is 11.4. The highest BCUT2D eigenvalue weighted by Gasteiger charge is 2.21. The molecule has 0 saturated heterocycles. The first-order valence-corrected chi connectivity index (χ1v) is 6.03. The van der Waals surface area contributed by atoms with Gasteiger partial charge in [0.15, 0.2) is 5.78 Å². The van der Waals surface area contributed by atoms with Gasteiger partial charge in [0.25, 0.3) is 0 Å². The Morgan fingerprint density at radius 2 is 1.89 bits per heavy atom. The Hall–Kier alpha value is -2.04. The lowest BCUT2D eigenvalue weighted by Gasteiger charge is -2.11. The van der Waals surface area contributed by atoms with Crippen molar-refractivity contribution in [3.05, 3.63) is 17.7 Å². The fourth-order valence-electron chi connectivity index (χ4n) is 1.77. The van der Waals surface area contributed by atoms with E-state index in [0.29, 0.717) is 18.6 Å². The van der Waals surface area contributed by atoms with Crippen molar-refractivity contribution < 1.29 is 24.2 Å². The van der Waals surface area contributed by atoms with E-state index in [4.69, 9.17) is 9.47 Å². The van der Waals surface area contributed by atoms with Gasteiger partial charge in [-0.05, 0) is 6.42 Å². The van der Waals surface area contributed by atoms with Crippen molar-refractivity contribution in [2.24, 2.45) is 0 Å². The maximum atomic E-state index is 12.0. The number of methoxy groups -OCH3 is 2. The summed E-state index contributed by atoms with van der Waals surface area (Å²) < 4.78 is 10.0. The van der Waals surface area contributed by atoms with Crippen LogP contribution in [0.2, 0.25) is 0 Å². The molecule has 1 aromatic carbocycles. The van der Waals surface area contributed by atoms with Gasteiger partial charge in [-0.3, -0.25) is 9.59 Å². The zero-order chi connectivity index (χ0) is 14.4. The minimum atomic E-state index is -0.449. The first-order valence-electron chi connectivity index (χ1n) is 6.03. The molecule has 5 heteroatoms. The standard InChI is InChI=1S/C14H18O5/c1-4-5-9(15)6-11(16)14-12(17)7-10(18-2)8-13(14)19-3/h7-8,17H,4-6H2,1-3H3. The third-order valence-electron chi connectivity index (χ3n) is 2.68. The highest BCUT2D eigenvalue weighted by molar-refractivity contribution is 6.10. The highest BCUT2D eigenvalue weighted by atomic mass is 16.5. The predicted molar refractivity (Wildman–Crippen MR) is 70.1 cm³/mol. The van der Waals surface area contributed by atoms with Crippen LogP contribution in [0.1, 0.15) is 36.5 Å². The molecule has 5 nitrogen and oxygen atoms in total. The first-order chi connectivity index (χ1) is 9.03. The topological polar surface area (TPSA) is 72.8 Å². The summed E-state index contributed by atoms with van der Waals surface area (Å²) in [6.07, 6.45) is 0.812. The van der Waals surface area contributed by atoms with Crippen molar-refractivity contribution >= 4 is 11.6 Å². The number of carbonyl (C=O) groups is 2. The summed E-state index contributed by atoms with van der Waals surface area (Å²) in [5.74, 6) is -0.261. The lowest BCUT2D eigenvalue weighted by atomic mass is 10.0. The van der Waals surface area contributed by atoms with Crippen molar-refractivity contribution in [3.8, 4) is 17.2 Å². The molecule has 1 N–H and O–H groups in total. The summed E-state index contributed by atoms with van der Waals surface area (Å²) in [4.78, 5) is 23.5. The Labute approximate surface area is 112 Å². The first kappa shape index (κ1) is 15.0. The molecule has 0 saturated carbocycles. The molecule has 1 rings (SSSR count). The van der Waals surface area contributed by atoms with Crippen LogP contribution in [0, 0.1) is 0 Å². The molecule has 1 aromatic rings. The van der Waals surface area contributed by atoms with E-state index in [1.807, 2.05) is 6.92 Å². The van der Waals surface area contributed by atoms with Crippen molar-refractivity contribution in [3.63, 3.8) is 0 Å². The monoisotopic (exact) mass is 266 g/mol. The number of Topliss-reactive ketones (excluding diaryl/α,β-unsaturated/α-hetero) is 2. The summed E-state index contributed by atoms with van der Waals surface area (Å²) >= 11 is 0. The molecule has 19 heavy (non-hydrogen) atoms. The van der Waals surface area contributed by atoms with Gasteiger partial charge < -0.3 is 14.6 Å². The molecule has 0 radical (unpaired) electrons. The fourth-order valence-corrected chi connectivity index (χ4v) is 1.77. The van der Waals surface area contributed by atoms with Crippen LogP contribution < -0.4 is 9.47 Å². The Bertz CT molecular complexity index is 479. The molecule has 0 spiro atoms. The number of rotatable bonds is 7. The summed E-state index contributed by atoms with van der Waals surface area (Å²) in [7, 11) is 2.83. The van der Waals surface area contributed by atoms with Gasteiger partial charge in [0.1, 0.15) is 28.6 Å². The molecule has 0 atom stereocenters. The highest BCUT2D eigenvalue weighted by Crippen LogP contribution is 2.34. The summed E-state index contributed by atoms with van der Waals surface area (Å²) in [6, 6.07) is 2.82. The molecule has 0 aliphatic carbocycles. The second kappa shape index (κ2) is 6.78. The van der Waals surface area contributed by atoms with E-state index >= 15 is 0 Å². The van der Waals surface area contributed by atoms with Crippen molar-refractivity contribution in [2.75, 3.05) is 14.2 Å². The normalized spacial score (nSPS) is 10.1. The average molecular weight is 266 g/mol. The van der Waals surface area contributed by atoms with E-state index in [1.165, 1.54) is 26.4 Å². The van der Waals surface area contributed by atoms with Crippen molar-refractivity contribution in [1.82, 2.24) is 0 Å². The Balaban J connectivity index is 3.05. The van der Waals surface area contributed by atoms with Gasteiger partial charge in [0.05, 0.1) is 20.6 Å². The maximum absolute atomic E-state index is 12.0. The van der Waals surface area contributed by atoms with Gasteiger partial charge in [0.2, 0.25) is 0 Å². The molecule has 0 aromatic heterocycles. The lowest BCUT2D eigenvalue weighted by Crippen LogP contribution is -2.09. The third kappa shape index (κ3) is 3.71. The van der Waals surface area contributed by atoms with E-state index in [0.717, 1.165) is 0 Å². The molecule has 0 unspecified atom stereocenters. The van der Waals surface area contributed by atoms with Crippen molar-refractivity contribution in [1.29, 1.82) is 0 Å². The Kier molecular flexibility index (Phi) is 5.36. The van der Waals surface area contributed by atoms with E-state index in [-0.39, 0.29) is 29.3 Å². The molecule has 0 heterocycles. The molecule has 0 amide bonds. The van der Waals surface area contributed by atoms with Gasteiger partial charge in [-0.25, -0.2) is 0 Å². The number of benzene rings is 1. The molecule has 0 bridgehead atoms. The number of aromatic hydroxyl groups is 1. The van der Waals surface area contributed by atoms with Crippen molar-refractivity contribution in [2.45, 2.75) is 26.2 Å². The second-order valence-electron chi connectivity index (χ2n) is 4.11. The van der Waals surface area contributed by atoms with E-state index < -0.39 is 5.78 Å². The van der Waals surface area contributed by atoms with Crippen LogP contribution >= 0.6 is 0 Å². The largest absolute Gasteiger partial charge is 0.507 e. The zero-order valence-electron chi connectivity index (χ0n) is 11.4. The van der Waals surface area contributed by atoms with Crippen LogP contribution in [-0.2, 0) is 4.79 Å². The number of phenolic OH excluding ortho intramolecular Hbond substituents is 1. The number of ether oxygens (including phenoxy) is 2. The SMILES string of the molecule is CCCC(=O)CC(=O)c1c(O)cc(OC)cc1OC. The van der Waals surface area contributed by atoms with Gasteiger partial charge in [-0.1, -0.05) is 6.92 Å².